The fourth-order valence-corrected chi connectivity index (χ4v) is 1.20. The molecule has 0 spiro atoms. The Hall–Kier alpha value is -1.79. The average molecular weight is 230 g/mol. The van der Waals surface area contributed by atoms with Gasteiger partial charge in [0, 0.05) is 0 Å². The summed E-state index contributed by atoms with van der Waals surface area (Å²) in [5, 5.41) is 8.64. The van der Waals surface area contributed by atoms with Crippen LogP contribution in [0.4, 0.5) is 14.4 Å². The minimum absolute atomic E-state index is 0.0204. The fourth-order valence-electron chi connectivity index (χ4n) is 1.20. The van der Waals surface area contributed by atoms with Crippen LogP contribution in [0.15, 0.2) is 0 Å². The fraction of sp³-hybridized carbons (Fsp3) is 0.667. The molecule has 0 radical (unpaired) electrons. The largest absolute Gasteiger partial charge is 0.465 e. The Morgan fingerprint density at radius 1 is 1.25 bits per heavy atom. The Morgan fingerprint density at radius 3 is 2.12 bits per heavy atom. The minimum Gasteiger partial charge on any atom is -0.465 e. The number of urea groups is 1. The van der Waals surface area contributed by atoms with E-state index in [-0.39, 0.29) is 13.1 Å². The number of imide groups is 2. The van der Waals surface area contributed by atoms with Gasteiger partial charge in [0.15, 0.2) is 0 Å². The molecule has 0 aliphatic carbocycles. The summed E-state index contributed by atoms with van der Waals surface area (Å²) in [6, 6.07) is -0.859. The third kappa shape index (κ3) is 2.62. The molecule has 90 valence electrons. The van der Waals surface area contributed by atoms with Crippen molar-refractivity contribution in [3.8, 4) is 0 Å². The van der Waals surface area contributed by atoms with Gasteiger partial charge in [-0.2, -0.15) is 0 Å². The van der Waals surface area contributed by atoms with Crippen LogP contribution in [0, 0.1) is 0 Å². The van der Waals surface area contributed by atoms with Crippen molar-refractivity contribution in [1.29, 1.82) is 0 Å². The molecule has 1 heterocycles. The second kappa shape index (κ2) is 3.99. The molecule has 0 atom stereocenters. The molecule has 1 fully saturated rings. The van der Waals surface area contributed by atoms with Gasteiger partial charge in [-0.25, -0.2) is 24.2 Å². The number of carbonyl (C=O) groups excluding carboxylic acids is 2. The van der Waals surface area contributed by atoms with E-state index in [9.17, 15) is 14.4 Å². The molecular weight excluding hydrogens is 216 g/mol. The zero-order valence-corrected chi connectivity index (χ0v) is 9.39. The number of nitrogens with zero attached hydrogens (tertiary/aromatic N) is 2. The number of amides is 4. The van der Waals surface area contributed by atoms with Crippen LogP contribution in [0.3, 0.4) is 0 Å². The standard InChI is InChI=1S/C9H14N2O5/c1-9(2,3)16-8(15)11-5-4-10(6(11)12)7(13)14/h4-5H2,1-3H3,(H,13,14). The van der Waals surface area contributed by atoms with Gasteiger partial charge >= 0.3 is 18.2 Å². The lowest BCUT2D eigenvalue weighted by atomic mass is 10.2. The lowest BCUT2D eigenvalue weighted by molar-refractivity contribution is 0.0349. The lowest BCUT2D eigenvalue weighted by Gasteiger charge is -2.22. The summed E-state index contributed by atoms with van der Waals surface area (Å²) in [6.45, 7) is 5.01. The van der Waals surface area contributed by atoms with Crippen LogP contribution in [0.2, 0.25) is 0 Å². The van der Waals surface area contributed by atoms with Crippen molar-refractivity contribution in [2.45, 2.75) is 26.4 Å². The molecule has 1 saturated heterocycles. The van der Waals surface area contributed by atoms with Crippen molar-refractivity contribution in [2.24, 2.45) is 0 Å². The number of ether oxygens (including phenoxy) is 1. The zero-order valence-electron chi connectivity index (χ0n) is 9.39. The average Bonchev–Trinajstić information content (AvgIpc) is 2.43. The Bertz CT molecular complexity index is 333. The van der Waals surface area contributed by atoms with Crippen LogP contribution in [-0.2, 0) is 4.74 Å². The topological polar surface area (TPSA) is 87.2 Å². The molecule has 0 bridgehead atoms. The highest BCUT2D eigenvalue weighted by molar-refractivity contribution is 5.99. The number of rotatable bonds is 0. The summed E-state index contributed by atoms with van der Waals surface area (Å²) in [5.41, 5.74) is -0.714. The predicted octanol–water partition coefficient (Wildman–Crippen LogP) is 1.34. The van der Waals surface area contributed by atoms with E-state index in [4.69, 9.17) is 9.84 Å². The molecule has 0 aromatic heterocycles. The molecular formula is C9H14N2O5. The van der Waals surface area contributed by atoms with Crippen molar-refractivity contribution in [3.63, 3.8) is 0 Å². The Labute approximate surface area is 92.6 Å². The summed E-state index contributed by atoms with van der Waals surface area (Å²) in [4.78, 5) is 34.9. The van der Waals surface area contributed by atoms with Gasteiger partial charge in [0.2, 0.25) is 0 Å². The van der Waals surface area contributed by atoms with E-state index in [0.29, 0.717) is 4.90 Å². The second-order valence-electron chi connectivity index (χ2n) is 4.35. The van der Waals surface area contributed by atoms with Crippen LogP contribution in [0.25, 0.3) is 0 Å². The van der Waals surface area contributed by atoms with E-state index in [1.807, 2.05) is 0 Å². The number of hydrogen-bond donors (Lipinski definition) is 1. The first-order valence-corrected chi connectivity index (χ1v) is 4.77. The van der Waals surface area contributed by atoms with E-state index < -0.39 is 23.8 Å². The van der Waals surface area contributed by atoms with Crippen LogP contribution in [0.1, 0.15) is 20.8 Å². The Morgan fingerprint density at radius 2 is 1.75 bits per heavy atom. The maximum Gasteiger partial charge on any atom is 0.418 e. The molecule has 1 aliphatic rings. The predicted molar refractivity (Wildman–Crippen MR) is 53.1 cm³/mol. The van der Waals surface area contributed by atoms with Crippen molar-refractivity contribution in [2.75, 3.05) is 13.1 Å². The molecule has 0 unspecified atom stereocenters. The van der Waals surface area contributed by atoms with Crippen LogP contribution in [0.5, 0.6) is 0 Å². The smallest absolute Gasteiger partial charge is 0.418 e. The molecule has 1 aliphatic heterocycles. The van der Waals surface area contributed by atoms with E-state index in [0.717, 1.165) is 4.90 Å². The van der Waals surface area contributed by atoms with Gasteiger partial charge in [-0.1, -0.05) is 0 Å². The Kier molecular flexibility index (Phi) is 3.06. The van der Waals surface area contributed by atoms with Crippen molar-refractivity contribution >= 4 is 18.2 Å². The summed E-state index contributed by atoms with van der Waals surface area (Å²) in [7, 11) is 0. The maximum absolute atomic E-state index is 11.5. The summed E-state index contributed by atoms with van der Waals surface area (Å²) in [6.07, 6.45) is -2.18. The van der Waals surface area contributed by atoms with Crippen LogP contribution >= 0.6 is 0 Å². The third-order valence-electron chi connectivity index (χ3n) is 1.85. The van der Waals surface area contributed by atoms with Gasteiger partial charge < -0.3 is 9.84 Å². The first kappa shape index (κ1) is 12.3. The van der Waals surface area contributed by atoms with Crippen LogP contribution in [-0.4, -0.2) is 51.8 Å². The van der Waals surface area contributed by atoms with E-state index in [2.05, 4.69) is 0 Å². The normalized spacial score (nSPS) is 16.6. The summed E-state index contributed by atoms with van der Waals surface area (Å²) >= 11 is 0. The maximum atomic E-state index is 11.5. The SMILES string of the molecule is CC(C)(C)OC(=O)N1CCN(C(=O)O)C1=O. The van der Waals surface area contributed by atoms with E-state index in [1.54, 1.807) is 20.8 Å². The van der Waals surface area contributed by atoms with Gasteiger partial charge in [0.25, 0.3) is 0 Å². The molecule has 7 nitrogen and oxygen atoms in total. The highest BCUT2D eigenvalue weighted by atomic mass is 16.6. The molecule has 7 heteroatoms. The number of carbonyl (C=O) groups is 3. The van der Waals surface area contributed by atoms with E-state index in [1.165, 1.54) is 0 Å². The molecule has 1 rings (SSSR count). The molecule has 16 heavy (non-hydrogen) atoms. The van der Waals surface area contributed by atoms with Crippen molar-refractivity contribution in [3.05, 3.63) is 0 Å². The second-order valence-corrected chi connectivity index (χ2v) is 4.35. The molecule has 0 aromatic rings. The molecule has 0 saturated carbocycles. The minimum atomic E-state index is -1.36. The quantitative estimate of drug-likeness (QED) is 0.678. The van der Waals surface area contributed by atoms with Crippen molar-refractivity contribution < 1.29 is 24.2 Å². The number of carboxylic acid groups (broad SMARTS) is 1. The summed E-state index contributed by atoms with van der Waals surface area (Å²) in [5.74, 6) is 0. The van der Waals surface area contributed by atoms with Crippen LogP contribution < -0.4 is 0 Å². The van der Waals surface area contributed by atoms with Gasteiger partial charge in [-0.15, -0.1) is 0 Å². The Balaban J connectivity index is 2.67. The zero-order chi connectivity index (χ0) is 12.5. The van der Waals surface area contributed by atoms with Gasteiger partial charge in [-0.05, 0) is 20.8 Å². The van der Waals surface area contributed by atoms with Crippen molar-refractivity contribution in [1.82, 2.24) is 9.80 Å². The monoisotopic (exact) mass is 230 g/mol. The molecule has 0 aromatic carbocycles. The highest BCUT2D eigenvalue weighted by Gasteiger charge is 2.38. The first-order valence-electron chi connectivity index (χ1n) is 4.77. The van der Waals surface area contributed by atoms with Gasteiger partial charge in [0.05, 0.1) is 13.1 Å². The number of hydrogen-bond acceptors (Lipinski definition) is 4. The van der Waals surface area contributed by atoms with E-state index >= 15 is 0 Å². The summed E-state index contributed by atoms with van der Waals surface area (Å²) < 4.78 is 4.97. The lowest BCUT2D eigenvalue weighted by Crippen LogP contribution is -2.41. The van der Waals surface area contributed by atoms with Gasteiger partial charge in [-0.3, -0.25) is 0 Å². The first-order chi connectivity index (χ1) is 7.22. The molecule has 4 amide bonds. The molecule has 1 N–H and O–H groups in total. The van der Waals surface area contributed by atoms with Gasteiger partial charge in [0.1, 0.15) is 5.60 Å². The third-order valence-corrected chi connectivity index (χ3v) is 1.85. The highest BCUT2D eigenvalue weighted by Crippen LogP contribution is 2.15.